The Morgan fingerprint density at radius 2 is 1.46 bits per heavy atom. The molecule has 0 N–H and O–H groups in total. The molecule has 1 unspecified atom stereocenters. The van der Waals surface area contributed by atoms with Gasteiger partial charge in [-0.3, -0.25) is 4.79 Å². The lowest BCUT2D eigenvalue weighted by Crippen LogP contribution is -2.32. The third-order valence-corrected chi connectivity index (χ3v) is 5.90. The number of carbonyl (C=O) groups is 1. The van der Waals surface area contributed by atoms with Crippen LogP contribution in [0.5, 0.6) is 0 Å². The standard InChI is InChI=1S/C26H27NO/c1-20-11-8-9-16-23(20)25-17-10-18-27(25)26(28)19-24(21-12-4-2-5-13-21)22-14-6-3-7-15-22/h2-9,11-16,24-25H,10,17-19H2,1H3. The number of aryl methyl sites for hydroxylation is 1. The molecule has 1 heterocycles. The van der Waals surface area contributed by atoms with Gasteiger partial charge in [0, 0.05) is 18.9 Å². The van der Waals surface area contributed by atoms with Crippen molar-refractivity contribution in [1.29, 1.82) is 0 Å². The molecule has 142 valence electrons. The summed E-state index contributed by atoms with van der Waals surface area (Å²) >= 11 is 0. The number of benzene rings is 3. The fourth-order valence-corrected chi connectivity index (χ4v) is 4.44. The maximum Gasteiger partial charge on any atom is 0.224 e. The molecule has 4 rings (SSSR count). The second kappa shape index (κ2) is 8.43. The van der Waals surface area contributed by atoms with Gasteiger partial charge in [-0.15, -0.1) is 0 Å². The van der Waals surface area contributed by atoms with E-state index in [2.05, 4.69) is 84.6 Å². The average Bonchev–Trinajstić information content (AvgIpc) is 3.23. The van der Waals surface area contributed by atoms with E-state index in [0.717, 1.165) is 19.4 Å². The molecule has 0 aliphatic carbocycles. The van der Waals surface area contributed by atoms with Gasteiger partial charge in [-0.05, 0) is 42.0 Å². The first kappa shape index (κ1) is 18.5. The maximum absolute atomic E-state index is 13.4. The third-order valence-electron chi connectivity index (χ3n) is 5.90. The highest BCUT2D eigenvalue weighted by Crippen LogP contribution is 2.36. The summed E-state index contributed by atoms with van der Waals surface area (Å²) in [6.45, 7) is 3.00. The van der Waals surface area contributed by atoms with E-state index in [9.17, 15) is 4.79 Å². The van der Waals surface area contributed by atoms with Crippen LogP contribution in [0.4, 0.5) is 0 Å². The Morgan fingerprint density at radius 1 is 0.893 bits per heavy atom. The molecule has 3 aromatic carbocycles. The number of nitrogens with zero attached hydrogens (tertiary/aromatic N) is 1. The summed E-state index contributed by atoms with van der Waals surface area (Å²) in [5.74, 6) is 0.344. The molecule has 1 amide bonds. The highest BCUT2D eigenvalue weighted by molar-refractivity contribution is 5.78. The van der Waals surface area contributed by atoms with Crippen LogP contribution in [-0.4, -0.2) is 17.4 Å². The van der Waals surface area contributed by atoms with Crippen LogP contribution in [0.2, 0.25) is 0 Å². The molecule has 0 saturated carbocycles. The smallest absolute Gasteiger partial charge is 0.224 e. The average molecular weight is 370 g/mol. The van der Waals surface area contributed by atoms with Crippen molar-refractivity contribution in [2.45, 2.75) is 38.1 Å². The van der Waals surface area contributed by atoms with E-state index in [1.807, 2.05) is 12.1 Å². The van der Waals surface area contributed by atoms with E-state index in [-0.39, 0.29) is 17.9 Å². The highest BCUT2D eigenvalue weighted by atomic mass is 16.2. The maximum atomic E-state index is 13.4. The van der Waals surface area contributed by atoms with Gasteiger partial charge in [0.25, 0.3) is 0 Å². The topological polar surface area (TPSA) is 20.3 Å². The number of amides is 1. The molecule has 3 aromatic rings. The molecular formula is C26H27NO. The van der Waals surface area contributed by atoms with E-state index in [1.54, 1.807) is 0 Å². The summed E-state index contributed by atoms with van der Waals surface area (Å²) in [5.41, 5.74) is 4.97. The monoisotopic (exact) mass is 369 g/mol. The molecule has 0 aromatic heterocycles. The first-order chi connectivity index (χ1) is 13.7. The van der Waals surface area contributed by atoms with Crippen molar-refractivity contribution >= 4 is 5.91 Å². The van der Waals surface area contributed by atoms with Gasteiger partial charge < -0.3 is 4.90 Å². The van der Waals surface area contributed by atoms with E-state index < -0.39 is 0 Å². The lowest BCUT2D eigenvalue weighted by Gasteiger charge is -2.28. The fraction of sp³-hybridized carbons (Fsp3) is 0.269. The van der Waals surface area contributed by atoms with Gasteiger partial charge in [-0.25, -0.2) is 0 Å². The largest absolute Gasteiger partial charge is 0.336 e. The van der Waals surface area contributed by atoms with Gasteiger partial charge in [-0.2, -0.15) is 0 Å². The number of likely N-dealkylation sites (tertiary alicyclic amines) is 1. The SMILES string of the molecule is Cc1ccccc1C1CCCN1C(=O)CC(c1ccccc1)c1ccccc1. The van der Waals surface area contributed by atoms with Crippen LogP contribution in [0.1, 0.15) is 53.5 Å². The predicted octanol–water partition coefficient (Wildman–Crippen LogP) is 5.88. The minimum Gasteiger partial charge on any atom is -0.336 e. The molecule has 0 spiro atoms. The van der Waals surface area contributed by atoms with Crippen molar-refractivity contribution in [3.63, 3.8) is 0 Å². The van der Waals surface area contributed by atoms with Crippen LogP contribution in [0.25, 0.3) is 0 Å². The molecular weight excluding hydrogens is 342 g/mol. The van der Waals surface area contributed by atoms with Crippen molar-refractivity contribution in [2.75, 3.05) is 6.54 Å². The number of hydrogen-bond donors (Lipinski definition) is 0. The van der Waals surface area contributed by atoms with Crippen molar-refractivity contribution in [3.05, 3.63) is 107 Å². The van der Waals surface area contributed by atoms with Gasteiger partial charge in [0.2, 0.25) is 5.91 Å². The van der Waals surface area contributed by atoms with Crippen LogP contribution >= 0.6 is 0 Å². The zero-order chi connectivity index (χ0) is 19.3. The van der Waals surface area contributed by atoms with Gasteiger partial charge in [0.05, 0.1) is 6.04 Å². The van der Waals surface area contributed by atoms with Gasteiger partial charge in [0.1, 0.15) is 0 Å². The summed E-state index contributed by atoms with van der Waals surface area (Å²) in [7, 11) is 0. The summed E-state index contributed by atoms with van der Waals surface area (Å²) in [6.07, 6.45) is 2.64. The van der Waals surface area contributed by atoms with Crippen molar-refractivity contribution < 1.29 is 4.79 Å². The van der Waals surface area contributed by atoms with Crippen molar-refractivity contribution in [1.82, 2.24) is 4.90 Å². The van der Waals surface area contributed by atoms with Crippen molar-refractivity contribution in [3.8, 4) is 0 Å². The van der Waals surface area contributed by atoms with Gasteiger partial charge in [-0.1, -0.05) is 84.9 Å². The lowest BCUT2D eigenvalue weighted by molar-refractivity contribution is -0.132. The van der Waals surface area contributed by atoms with Gasteiger partial charge >= 0.3 is 0 Å². The summed E-state index contributed by atoms with van der Waals surface area (Å²) in [6, 6.07) is 29.5. The van der Waals surface area contributed by atoms with Crippen LogP contribution in [-0.2, 0) is 4.79 Å². The first-order valence-corrected chi connectivity index (χ1v) is 10.2. The first-order valence-electron chi connectivity index (χ1n) is 10.2. The molecule has 1 fully saturated rings. The van der Waals surface area contributed by atoms with Crippen LogP contribution in [0, 0.1) is 6.92 Å². The predicted molar refractivity (Wildman–Crippen MR) is 114 cm³/mol. The molecule has 2 heteroatoms. The Balaban J connectivity index is 1.60. The zero-order valence-corrected chi connectivity index (χ0v) is 16.4. The second-order valence-corrected chi connectivity index (χ2v) is 7.68. The van der Waals surface area contributed by atoms with Crippen LogP contribution < -0.4 is 0 Å². The molecule has 0 bridgehead atoms. The molecule has 1 atom stereocenters. The number of hydrogen-bond acceptors (Lipinski definition) is 1. The Kier molecular flexibility index (Phi) is 5.57. The van der Waals surface area contributed by atoms with Crippen LogP contribution in [0.3, 0.4) is 0 Å². The van der Waals surface area contributed by atoms with E-state index in [1.165, 1.54) is 22.3 Å². The number of rotatable bonds is 5. The zero-order valence-electron chi connectivity index (χ0n) is 16.4. The summed E-state index contributed by atoms with van der Waals surface area (Å²) in [4.78, 5) is 15.5. The molecule has 1 saturated heterocycles. The second-order valence-electron chi connectivity index (χ2n) is 7.68. The van der Waals surface area contributed by atoms with E-state index in [0.29, 0.717) is 6.42 Å². The quantitative estimate of drug-likeness (QED) is 0.550. The van der Waals surface area contributed by atoms with Crippen molar-refractivity contribution in [2.24, 2.45) is 0 Å². The van der Waals surface area contributed by atoms with Crippen LogP contribution in [0.15, 0.2) is 84.9 Å². The molecule has 1 aliphatic rings. The normalized spacial score (nSPS) is 16.5. The summed E-state index contributed by atoms with van der Waals surface area (Å²) < 4.78 is 0. The van der Waals surface area contributed by atoms with E-state index in [4.69, 9.17) is 0 Å². The molecule has 0 radical (unpaired) electrons. The highest BCUT2D eigenvalue weighted by Gasteiger charge is 2.32. The molecule has 2 nitrogen and oxygen atoms in total. The van der Waals surface area contributed by atoms with E-state index >= 15 is 0 Å². The minimum atomic E-state index is 0.0908. The fourth-order valence-electron chi connectivity index (χ4n) is 4.44. The minimum absolute atomic E-state index is 0.0908. The Hall–Kier alpha value is -2.87. The Bertz CT molecular complexity index is 880. The Morgan fingerprint density at radius 3 is 2.07 bits per heavy atom. The lowest BCUT2D eigenvalue weighted by atomic mass is 9.88. The molecule has 28 heavy (non-hydrogen) atoms. The Labute approximate surface area is 167 Å². The third kappa shape index (κ3) is 3.87. The number of carbonyl (C=O) groups excluding carboxylic acids is 1. The van der Waals surface area contributed by atoms with Gasteiger partial charge in [0.15, 0.2) is 0 Å². The molecule has 1 aliphatic heterocycles. The summed E-state index contributed by atoms with van der Waals surface area (Å²) in [5, 5.41) is 0.